The summed E-state index contributed by atoms with van der Waals surface area (Å²) in [7, 11) is 0. The Kier molecular flexibility index (Phi) is 3.05. The lowest BCUT2D eigenvalue weighted by molar-refractivity contribution is -0.227. The van der Waals surface area contributed by atoms with Crippen molar-refractivity contribution < 1.29 is 10.2 Å². The second kappa shape index (κ2) is 4.58. The molecule has 0 aromatic rings. The molecule has 2 unspecified atom stereocenters. The van der Waals surface area contributed by atoms with Crippen LogP contribution in [0.2, 0.25) is 0 Å². The van der Waals surface area contributed by atoms with Crippen LogP contribution in [0, 0.1) is 22.7 Å². The molecule has 4 aliphatic carbocycles. The van der Waals surface area contributed by atoms with Gasteiger partial charge in [-0.15, -0.1) is 0 Å². The molecule has 2 nitrogen and oxygen atoms in total. The lowest BCUT2D eigenvalue weighted by Crippen LogP contribution is -2.74. The predicted molar refractivity (Wildman–Crippen MR) is 79.2 cm³/mol. The Balaban J connectivity index is 1.82. The fourth-order valence-corrected chi connectivity index (χ4v) is 6.91. The maximum atomic E-state index is 9.96. The zero-order valence-corrected chi connectivity index (χ0v) is 12.5. The van der Waals surface area contributed by atoms with Crippen molar-refractivity contribution in [1.29, 1.82) is 0 Å². The molecule has 0 bridgehead atoms. The summed E-state index contributed by atoms with van der Waals surface area (Å²) in [5.41, 5.74) is 4.12. The van der Waals surface area contributed by atoms with Crippen LogP contribution in [0.25, 0.3) is 0 Å². The number of allylic oxidation sites excluding steroid dienone is 2. The minimum Gasteiger partial charge on any atom is -0.396 e. The van der Waals surface area contributed by atoms with Gasteiger partial charge in [0.05, 0.1) is 0 Å². The van der Waals surface area contributed by atoms with Gasteiger partial charge < -0.3 is 10.2 Å². The first kappa shape index (κ1) is 13.3. The predicted octanol–water partition coefficient (Wildman–Crippen LogP) is 3.43. The van der Waals surface area contributed by atoms with E-state index in [1.54, 1.807) is 11.1 Å². The standard InChI is InChI=1S/C18H28O2/c19-11-15-16(12-20)18-10-6-2-5-9-17(15,18)13-7-3-1-4-8-14(13)18/h15-16,19-20H,1-12H2/t15?,16?,17-,18+. The second-order valence-corrected chi connectivity index (χ2v) is 7.60. The molecule has 0 aromatic heterocycles. The minimum atomic E-state index is 0.282. The summed E-state index contributed by atoms with van der Waals surface area (Å²) in [5.74, 6) is 0.699. The Bertz CT molecular complexity index is 403. The fraction of sp³-hybridized carbons (Fsp3) is 0.889. The second-order valence-electron chi connectivity index (χ2n) is 7.60. The summed E-state index contributed by atoms with van der Waals surface area (Å²) in [6.07, 6.45) is 13.2. The van der Waals surface area contributed by atoms with E-state index in [0.717, 1.165) is 0 Å². The first-order valence-corrected chi connectivity index (χ1v) is 8.77. The Morgan fingerprint density at radius 1 is 0.700 bits per heavy atom. The van der Waals surface area contributed by atoms with E-state index in [-0.39, 0.29) is 13.2 Å². The maximum Gasteiger partial charge on any atom is 0.0471 e. The van der Waals surface area contributed by atoms with E-state index < -0.39 is 0 Å². The van der Waals surface area contributed by atoms with Crippen molar-refractivity contribution >= 4 is 0 Å². The molecule has 0 aliphatic heterocycles. The Morgan fingerprint density at radius 2 is 1.15 bits per heavy atom. The van der Waals surface area contributed by atoms with Gasteiger partial charge in [-0.05, 0) is 50.4 Å². The number of aliphatic hydroxyl groups excluding tert-OH is 2. The molecule has 2 fully saturated rings. The van der Waals surface area contributed by atoms with Crippen LogP contribution < -0.4 is 0 Å². The van der Waals surface area contributed by atoms with Crippen molar-refractivity contribution in [3.05, 3.63) is 11.1 Å². The van der Waals surface area contributed by atoms with Crippen LogP contribution in [0.3, 0.4) is 0 Å². The molecule has 0 aromatic carbocycles. The molecule has 2 N–H and O–H groups in total. The number of rotatable bonds is 2. The highest BCUT2D eigenvalue weighted by Crippen LogP contribution is 2.83. The molecule has 2 saturated carbocycles. The molecule has 0 heterocycles. The minimum absolute atomic E-state index is 0.282. The average molecular weight is 276 g/mol. The van der Waals surface area contributed by atoms with Crippen molar-refractivity contribution in [3.63, 3.8) is 0 Å². The zero-order chi connectivity index (χ0) is 13.8. The van der Waals surface area contributed by atoms with E-state index in [2.05, 4.69) is 0 Å². The summed E-state index contributed by atoms with van der Waals surface area (Å²) in [6, 6.07) is 0. The SMILES string of the molecule is OCC1C(CO)[C@]23CCCCC[C@]12C1=C3CCCCC1. The van der Waals surface area contributed by atoms with Gasteiger partial charge in [-0.1, -0.05) is 36.8 Å². The Labute approximate surface area is 122 Å². The Hall–Kier alpha value is -0.340. The molecule has 0 radical (unpaired) electrons. The van der Waals surface area contributed by atoms with E-state index in [0.29, 0.717) is 22.7 Å². The monoisotopic (exact) mass is 276 g/mol. The summed E-state index contributed by atoms with van der Waals surface area (Å²) >= 11 is 0. The highest BCUT2D eigenvalue weighted by Gasteiger charge is 2.78. The van der Waals surface area contributed by atoms with Crippen molar-refractivity contribution in [1.82, 2.24) is 0 Å². The maximum absolute atomic E-state index is 9.96. The van der Waals surface area contributed by atoms with Gasteiger partial charge >= 0.3 is 0 Å². The van der Waals surface area contributed by atoms with Crippen LogP contribution in [-0.4, -0.2) is 23.4 Å². The first-order valence-electron chi connectivity index (χ1n) is 8.77. The van der Waals surface area contributed by atoms with Crippen molar-refractivity contribution in [3.8, 4) is 0 Å². The highest BCUT2D eigenvalue weighted by atomic mass is 16.3. The lowest BCUT2D eigenvalue weighted by Gasteiger charge is -2.78. The smallest absolute Gasteiger partial charge is 0.0471 e. The van der Waals surface area contributed by atoms with Crippen molar-refractivity contribution in [2.45, 2.75) is 64.2 Å². The summed E-state index contributed by atoms with van der Waals surface area (Å²) in [6.45, 7) is 0.563. The third-order valence-electron chi connectivity index (χ3n) is 7.38. The van der Waals surface area contributed by atoms with E-state index in [9.17, 15) is 10.2 Å². The third kappa shape index (κ3) is 1.25. The highest BCUT2D eigenvalue weighted by molar-refractivity contribution is 5.52. The third-order valence-corrected chi connectivity index (χ3v) is 7.38. The van der Waals surface area contributed by atoms with Crippen LogP contribution >= 0.6 is 0 Å². The van der Waals surface area contributed by atoms with Crippen LogP contribution in [0.15, 0.2) is 11.1 Å². The van der Waals surface area contributed by atoms with Gasteiger partial charge in [0, 0.05) is 24.0 Å². The molecule has 0 spiro atoms. The lowest BCUT2D eigenvalue weighted by atomic mass is 9.26. The normalized spacial score (nSPS) is 47.1. The van der Waals surface area contributed by atoms with Gasteiger partial charge in [-0.3, -0.25) is 0 Å². The zero-order valence-electron chi connectivity index (χ0n) is 12.5. The van der Waals surface area contributed by atoms with Crippen molar-refractivity contribution in [2.24, 2.45) is 22.7 Å². The molecular formula is C18H28O2. The average Bonchev–Trinajstić information content (AvgIpc) is 2.74. The molecule has 4 atom stereocenters. The van der Waals surface area contributed by atoms with E-state index in [1.165, 1.54) is 64.2 Å². The van der Waals surface area contributed by atoms with Gasteiger partial charge in [0.2, 0.25) is 0 Å². The number of hydrogen-bond acceptors (Lipinski definition) is 2. The van der Waals surface area contributed by atoms with Gasteiger partial charge in [0.1, 0.15) is 0 Å². The van der Waals surface area contributed by atoms with Gasteiger partial charge in [0.25, 0.3) is 0 Å². The molecule has 4 rings (SSSR count). The summed E-state index contributed by atoms with van der Waals surface area (Å²) < 4.78 is 0. The quantitative estimate of drug-likeness (QED) is 0.759. The summed E-state index contributed by atoms with van der Waals surface area (Å²) in [4.78, 5) is 0. The molecular weight excluding hydrogens is 248 g/mol. The van der Waals surface area contributed by atoms with Crippen molar-refractivity contribution in [2.75, 3.05) is 13.2 Å². The fourth-order valence-electron chi connectivity index (χ4n) is 6.91. The summed E-state index contributed by atoms with van der Waals surface area (Å²) in [5, 5.41) is 19.9. The van der Waals surface area contributed by atoms with E-state index in [1.807, 2.05) is 0 Å². The number of hydrogen-bond donors (Lipinski definition) is 2. The van der Waals surface area contributed by atoms with Gasteiger partial charge in [-0.25, -0.2) is 0 Å². The van der Waals surface area contributed by atoms with Crippen LogP contribution in [0.4, 0.5) is 0 Å². The topological polar surface area (TPSA) is 40.5 Å². The first-order chi connectivity index (χ1) is 9.83. The molecule has 112 valence electrons. The molecule has 2 heteroatoms. The van der Waals surface area contributed by atoms with Gasteiger partial charge in [0.15, 0.2) is 0 Å². The number of aliphatic hydroxyl groups is 2. The van der Waals surface area contributed by atoms with Crippen LogP contribution in [0.5, 0.6) is 0 Å². The van der Waals surface area contributed by atoms with E-state index in [4.69, 9.17) is 0 Å². The van der Waals surface area contributed by atoms with Crippen LogP contribution in [-0.2, 0) is 0 Å². The van der Waals surface area contributed by atoms with Crippen LogP contribution in [0.1, 0.15) is 64.2 Å². The molecule has 20 heavy (non-hydrogen) atoms. The van der Waals surface area contributed by atoms with Gasteiger partial charge in [-0.2, -0.15) is 0 Å². The van der Waals surface area contributed by atoms with E-state index >= 15 is 0 Å². The Morgan fingerprint density at radius 3 is 1.60 bits per heavy atom. The molecule has 0 saturated heterocycles. The largest absolute Gasteiger partial charge is 0.396 e. The molecule has 0 amide bonds. The molecule has 4 aliphatic rings.